The van der Waals surface area contributed by atoms with Crippen molar-refractivity contribution in [3.63, 3.8) is 0 Å². The monoisotopic (exact) mass is 242 g/mol. The summed E-state index contributed by atoms with van der Waals surface area (Å²) in [7, 11) is 5.70. The summed E-state index contributed by atoms with van der Waals surface area (Å²) in [5, 5.41) is 0. The van der Waals surface area contributed by atoms with Gasteiger partial charge in [0.2, 0.25) is 17.8 Å². The molecule has 1 aromatic rings. The van der Waals surface area contributed by atoms with Crippen molar-refractivity contribution in [3.8, 4) is 0 Å². The standard InChI is InChI=1S/C9H18N6S/c1-14(2)8-11-7(10)12-9(13-8)15(3)5-6-16-4/h5-6H2,1-4H3,(H2,10,11,12,13). The normalized spacial score (nSPS) is 10.2. The molecule has 0 aliphatic rings. The molecule has 1 rings (SSSR count). The van der Waals surface area contributed by atoms with E-state index in [1.54, 1.807) is 11.8 Å². The summed E-state index contributed by atoms with van der Waals surface area (Å²) in [6.07, 6.45) is 2.07. The van der Waals surface area contributed by atoms with E-state index in [0.29, 0.717) is 11.9 Å². The molecule has 2 N–H and O–H groups in total. The molecule has 0 aliphatic carbocycles. The minimum Gasteiger partial charge on any atom is -0.368 e. The second-order valence-electron chi connectivity index (χ2n) is 3.60. The third kappa shape index (κ3) is 3.41. The van der Waals surface area contributed by atoms with Crippen LogP contribution in [0.3, 0.4) is 0 Å². The Morgan fingerprint density at radius 2 is 1.75 bits per heavy atom. The lowest BCUT2D eigenvalue weighted by molar-refractivity contribution is 0.876. The van der Waals surface area contributed by atoms with E-state index in [4.69, 9.17) is 5.73 Å². The molecule has 0 fully saturated rings. The van der Waals surface area contributed by atoms with Crippen LogP contribution < -0.4 is 15.5 Å². The van der Waals surface area contributed by atoms with E-state index in [2.05, 4.69) is 21.2 Å². The van der Waals surface area contributed by atoms with Crippen molar-refractivity contribution in [3.05, 3.63) is 0 Å². The van der Waals surface area contributed by atoms with Gasteiger partial charge in [0.1, 0.15) is 0 Å². The molecule has 0 unspecified atom stereocenters. The van der Waals surface area contributed by atoms with Crippen LogP contribution in [0.5, 0.6) is 0 Å². The Balaban J connectivity index is 2.86. The van der Waals surface area contributed by atoms with Gasteiger partial charge in [0, 0.05) is 33.4 Å². The zero-order valence-electron chi connectivity index (χ0n) is 10.1. The van der Waals surface area contributed by atoms with Gasteiger partial charge >= 0.3 is 0 Å². The first-order chi connectivity index (χ1) is 7.54. The van der Waals surface area contributed by atoms with Crippen molar-refractivity contribution in [1.29, 1.82) is 0 Å². The number of nitrogens with two attached hydrogens (primary N) is 1. The van der Waals surface area contributed by atoms with Gasteiger partial charge in [0.05, 0.1) is 0 Å². The first-order valence-electron chi connectivity index (χ1n) is 4.93. The van der Waals surface area contributed by atoms with Crippen LogP contribution in [0, 0.1) is 0 Å². The van der Waals surface area contributed by atoms with Crippen molar-refractivity contribution in [2.24, 2.45) is 0 Å². The first kappa shape index (κ1) is 12.8. The number of anilines is 3. The topological polar surface area (TPSA) is 71.2 Å². The van der Waals surface area contributed by atoms with Crippen LogP contribution in [0.4, 0.5) is 17.8 Å². The van der Waals surface area contributed by atoms with Crippen molar-refractivity contribution in [2.75, 3.05) is 55.2 Å². The van der Waals surface area contributed by atoms with E-state index in [1.807, 2.05) is 30.9 Å². The molecule has 90 valence electrons. The third-order valence-corrected chi connectivity index (χ3v) is 2.59. The Labute approximate surface area is 100 Å². The molecule has 0 saturated carbocycles. The minimum atomic E-state index is 0.254. The van der Waals surface area contributed by atoms with Gasteiger partial charge in [-0.15, -0.1) is 0 Å². The van der Waals surface area contributed by atoms with Crippen molar-refractivity contribution < 1.29 is 0 Å². The summed E-state index contributed by atoms with van der Waals surface area (Å²) in [4.78, 5) is 16.3. The molecule has 0 aromatic carbocycles. The average Bonchev–Trinajstić information content (AvgIpc) is 2.24. The molecule has 1 heterocycles. The number of nitrogen functional groups attached to an aromatic ring is 1. The maximum absolute atomic E-state index is 5.64. The fourth-order valence-corrected chi connectivity index (χ4v) is 1.52. The highest BCUT2D eigenvalue weighted by molar-refractivity contribution is 7.98. The maximum atomic E-state index is 5.64. The van der Waals surface area contributed by atoms with Gasteiger partial charge in [-0.2, -0.15) is 26.7 Å². The molecule has 0 amide bonds. The minimum absolute atomic E-state index is 0.254. The van der Waals surface area contributed by atoms with Crippen LogP contribution in [0.15, 0.2) is 0 Å². The van der Waals surface area contributed by atoms with Gasteiger partial charge in [-0.25, -0.2) is 0 Å². The smallest absolute Gasteiger partial charge is 0.231 e. The summed E-state index contributed by atoms with van der Waals surface area (Å²) in [5.41, 5.74) is 5.64. The first-order valence-corrected chi connectivity index (χ1v) is 6.33. The van der Waals surface area contributed by atoms with Crippen molar-refractivity contribution in [2.45, 2.75) is 0 Å². The van der Waals surface area contributed by atoms with Crippen molar-refractivity contribution >= 4 is 29.6 Å². The van der Waals surface area contributed by atoms with Crippen LogP contribution in [-0.4, -0.2) is 54.6 Å². The molecule has 0 spiro atoms. The summed E-state index contributed by atoms with van der Waals surface area (Å²) < 4.78 is 0. The number of nitrogens with zero attached hydrogens (tertiary/aromatic N) is 5. The Hall–Kier alpha value is -1.24. The Bertz CT molecular complexity index is 343. The maximum Gasteiger partial charge on any atom is 0.231 e. The van der Waals surface area contributed by atoms with Crippen molar-refractivity contribution in [1.82, 2.24) is 15.0 Å². The van der Waals surface area contributed by atoms with Crippen LogP contribution in [-0.2, 0) is 0 Å². The van der Waals surface area contributed by atoms with Crippen LogP contribution in [0.2, 0.25) is 0 Å². The van der Waals surface area contributed by atoms with E-state index < -0.39 is 0 Å². The molecule has 1 aromatic heterocycles. The average molecular weight is 242 g/mol. The summed E-state index contributed by atoms with van der Waals surface area (Å²) in [6.45, 7) is 0.886. The predicted molar refractivity (Wildman–Crippen MR) is 70.2 cm³/mol. The fourth-order valence-electron chi connectivity index (χ4n) is 1.07. The molecule has 16 heavy (non-hydrogen) atoms. The molecule has 0 bridgehead atoms. The van der Waals surface area contributed by atoms with Gasteiger partial charge in [0.25, 0.3) is 0 Å². The molecule has 7 heteroatoms. The van der Waals surface area contributed by atoms with E-state index in [9.17, 15) is 0 Å². The third-order valence-electron chi connectivity index (χ3n) is 2.00. The van der Waals surface area contributed by atoms with Gasteiger partial charge < -0.3 is 15.5 Å². The lowest BCUT2D eigenvalue weighted by Gasteiger charge is -2.18. The lowest BCUT2D eigenvalue weighted by Crippen LogP contribution is -2.25. The molecule has 0 atom stereocenters. The second-order valence-corrected chi connectivity index (χ2v) is 4.59. The summed E-state index contributed by atoms with van der Waals surface area (Å²) >= 11 is 1.78. The van der Waals surface area contributed by atoms with Gasteiger partial charge in [-0.3, -0.25) is 0 Å². The van der Waals surface area contributed by atoms with E-state index in [1.165, 1.54) is 0 Å². The molecular formula is C9H18N6S. The quantitative estimate of drug-likeness (QED) is 0.797. The Kier molecular flexibility index (Phi) is 4.60. The number of hydrogen-bond acceptors (Lipinski definition) is 7. The number of aromatic nitrogens is 3. The highest BCUT2D eigenvalue weighted by Gasteiger charge is 2.09. The lowest BCUT2D eigenvalue weighted by atomic mass is 10.6. The molecule has 0 saturated heterocycles. The number of thioether (sulfide) groups is 1. The van der Waals surface area contributed by atoms with Crippen LogP contribution >= 0.6 is 11.8 Å². The molecular weight excluding hydrogens is 224 g/mol. The van der Waals surface area contributed by atoms with Gasteiger partial charge in [0.15, 0.2) is 0 Å². The van der Waals surface area contributed by atoms with Crippen LogP contribution in [0.25, 0.3) is 0 Å². The molecule has 0 aliphatic heterocycles. The number of rotatable bonds is 5. The Morgan fingerprint density at radius 1 is 1.12 bits per heavy atom. The zero-order chi connectivity index (χ0) is 12.1. The fraction of sp³-hybridized carbons (Fsp3) is 0.667. The van der Waals surface area contributed by atoms with E-state index in [-0.39, 0.29) is 5.95 Å². The SMILES string of the molecule is CSCCN(C)c1nc(N)nc(N(C)C)n1. The Morgan fingerprint density at radius 3 is 2.31 bits per heavy atom. The molecule has 0 radical (unpaired) electrons. The van der Waals surface area contributed by atoms with Gasteiger partial charge in [-0.1, -0.05) is 0 Å². The molecule has 6 nitrogen and oxygen atoms in total. The summed E-state index contributed by atoms with van der Waals surface area (Å²) in [5.74, 6) is 2.48. The number of hydrogen-bond donors (Lipinski definition) is 1. The van der Waals surface area contributed by atoms with E-state index >= 15 is 0 Å². The zero-order valence-corrected chi connectivity index (χ0v) is 11.0. The predicted octanol–water partition coefficient (Wildman–Crippen LogP) is 0.319. The van der Waals surface area contributed by atoms with E-state index in [0.717, 1.165) is 12.3 Å². The van der Waals surface area contributed by atoms with Gasteiger partial charge in [-0.05, 0) is 6.26 Å². The highest BCUT2D eigenvalue weighted by atomic mass is 32.2. The van der Waals surface area contributed by atoms with Crippen LogP contribution in [0.1, 0.15) is 0 Å². The largest absolute Gasteiger partial charge is 0.368 e. The summed E-state index contributed by atoms with van der Waals surface area (Å²) in [6, 6.07) is 0. The second kappa shape index (κ2) is 5.74. The highest BCUT2D eigenvalue weighted by Crippen LogP contribution is 2.12.